The summed E-state index contributed by atoms with van der Waals surface area (Å²) < 4.78 is 0. The lowest BCUT2D eigenvalue weighted by molar-refractivity contribution is 1.18. The standard InChI is InChI=1S/C8H10N4/c1-2-3-4-6-5-11-8(10)12-7(6)9/h5H,2H2,1H3,(H4,9,10,11,12). The predicted octanol–water partition coefficient (Wildman–Crippen LogP) is 0.403. The van der Waals surface area contributed by atoms with Crippen LogP contribution >= 0.6 is 0 Å². The zero-order valence-corrected chi connectivity index (χ0v) is 6.83. The summed E-state index contributed by atoms with van der Waals surface area (Å²) in [5.74, 6) is 6.22. The van der Waals surface area contributed by atoms with E-state index in [2.05, 4.69) is 21.8 Å². The van der Waals surface area contributed by atoms with Crippen LogP contribution < -0.4 is 11.5 Å². The maximum atomic E-state index is 5.53. The highest BCUT2D eigenvalue weighted by Gasteiger charge is 1.97. The molecule has 0 saturated carbocycles. The summed E-state index contributed by atoms with van der Waals surface area (Å²) in [7, 11) is 0. The molecule has 0 bridgehead atoms. The highest BCUT2D eigenvalue weighted by Crippen LogP contribution is 2.05. The fourth-order valence-electron chi connectivity index (χ4n) is 0.689. The van der Waals surface area contributed by atoms with Gasteiger partial charge in [0.25, 0.3) is 0 Å². The van der Waals surface area contributed by atoms with Gasteiger partial charge in [-0.15, -0.1) is 0 Å². The lowest BCUT2D eigenvalue weighted by Crippen LogP contribution is -2.01. The first-order chi connectivity index (χ1) is 5.74. The number of anilines is 2. The minimum absolute atomic E-state index is 0.176. The van der Waals surface area contributed by atoms with E-state index in [1.807, 2.05) is 6.92 Å². The Morgan fingerprint density at radius 1 is 1.50 bits per heavy atom. The van der Waals surface area contributed by atoms with Crippen LogP contribution in [-0.2, 0) is 0 Å². The van der Waals surface area contributed by atoms with Gasteiger partial charge in [0, 0.05) is 6.42 Å². The molecule has 12 heavy (non-hydrogen) atoms. The van der Waals surface area contributed by atoms with Gasteiger partial charge in [-0.1, -0.05) is 18.8 Å². The molecule has 0 aliphatic carbocycles. The highest BCUT2D eigenvalue weighted by molar-refractivity contribution is 5.51. The first-order valence-electron chi connectivity index (χ1n) is 3.61. The highest BCUT2D eigenvalue weighted by atomic mass is 15.0. The van der Waals surface area contributed by atoms with Gasteiger partial charge < -0.3 is 11.5 Å². The molecule has 1 aromatic heterocycles. The number of nitrogens with zero attached hydrogens (tertiary/aromatic N) is 2. The van der Waals surface area contributed by atoms with Gasteiger partial charge in [-0.05, 0) is 0 Å². The molecule has 0 spiro atoms. The zero-order valence-electron chi connectivity index (χ0n) is 6.83. The molecule has 0 fully saturated rings. The molecule has 0 radical (unpaired) electrons. The number of nitrogens with two attached hydrogens (primary N) is 2. The summed E-state index contributed by atoms with van der Waals surface area (Å²) in [5.41, 5.74) is 11.5. The Morgan fingerprint density at radius 3 is 2.83 bits per heavy atom. The van der Waals surface area contributed by atoms with Crippen molar-refractivity contribution in [3.63, 3.8) is 0 Å². The summed E-state index contributed by atoms with van der Waals surface area (Å²) in [4.78, 5) is 7.55. The fraction of sp³-hybridized carbons (Fsp3) is 0.250. The lowest BCUT2D eigenvalue weighted by Gasteiger charge is -1.96. The van der Waals surface area contributed by atoms with Crippen LogP contribution in [0.25, 0.3) is 0 Å². The van der Waals surface area contributed by atoms with E-state index in [-0.39, 0.29) is 5.95 Å². The number of rotatable bonds is 0. The van der Waals surface area contributed by atoms with Gasteiger partial charge in [0.2, 0.25) is 5.95 Å². The second kappa shape index (κ2) is 3.58. The topological polar surface area (TPSA) is 77.8 Å². The molecule has 0 atom stereocenters. The minimum Gasteiger partial charge on any atom is -0.382 e. The third-order valence-corrected chi connectivity index (χ3v) is 1.24. The Bertz CT molecular complexity index is 335. The van der Waals surface area contributed by atoms with Crippen LogP contribution in [0.4, 0.5) is 11.8 Å². The van der Waals surface area contributed by atoms with Gasteiger partial charge in [-0.3, -0.25) is 0 Å². The Hall–Kier alpha value is -1.76. The monoisotopic (exact) mass is 162 g/mol. The van der Waals surface area contributed by atoms with Crippen molar-refractivity contribution >= 4 is 11.8 Å². The zero-order chi connectivity index (χ0) is 8.97. The van der Waals surface area contributed by atoms with Crippen molar-refractivity contribution < 1.29 is 0 Å². The first kappa shape index (κ1) is 8.34. The molecule has 1 rings (SSSR count). The van der Waals surface area contributed by atoms with Crippen molar-refractivity contribution in [2.24, 2.45) is 0 Å². The largest absolute Gasteiger partial charge is 0.382 e. The molecule has 0 aromatic carbocycles. The summed E-state index contributed by atoms with van der Waals surface area (Å²) in [6.07, 6.45) is 2.31. The molecule has 0 amide bonds. The summed E-state index contributed by atoms with van der Waals surface area (Å²) in [5, 5.41) is 0. The maximum absolute atomic E-state index is 5.53. The predicted molar refractivity (Wildman–Crippen MR) is 48.0 cm³/mol. The maximum Gasteiger partial charge on any atom is 0.221 e. The van der Waals surface area contributed by atoms with Gasteiger partial charge >= 0.3 is 0 Å². The lowest BCUT2D eigenvalue weighted by atomic mass is 10.3. The van der Waals surface area contributed by atoms with Crippen LogP contribution in [0, 0.1) is 11.8 Å². The Morgan fingerprint density at radius 2 is 2.25 bits per heavy atom. The Labute approximate surface area is 71.0 Å². The van der Waals surface area contributed by atoms with Crippen molar-refractivity contribution in [1.29, 1.82) is 0 Å². The van der Waals surface area contributed by atoms with E-state index in [1.54, 1.807) is 0 Å². The van der Waals surface area contributed by atoms with Crippen molar-refractivity contribution in [2.75, 3.05) is 11.5 Å². The smallest absolute Gasteiger partial charge is 0.221 e. The van der Waals surface area contributed by atoms with Gasteiger partial charge in [0.15, 0.2) is 0 Å². The van der Waals surface area contributed by atoms with Crippen LogP contribution in [0.15, 0.2) is 6.20 Å². The average Bonchev–Trinajstić information content (AvgIpc) is 2.03. The number of hydrogen-bond donors (Lipinski definition) is 2. The van der Waals surface area contributed by atoms with Crippen LogP contribution in [-0.4, -0.2) is 9.97 Å². The number of aromatic nitrogens is 2. The third kappa shape index (κ3) is 1.86. The van der Waals surface area contributed by atoms with Crippen molar-refractivity contribution in [3.8, 4) is 11.8 Å². The molecule has 1 heterocycles. The van der Waals surface area contributed by atoms with Gasteiger partial charge in [-0.2, -0.15) is 4.98 Å². The number of nitrogen functional groups attached to an aromatic ring is 2. The molecule has 0 aliphatic heterocycles. The van der Waals surface area contributed by atoms with E-state index in [4.69, 9.17) is 11.5 Å². The SMILES string of the molecule is CCC#Cc1cnc(N)nc1N. The van der Waals surface area contributed by atoms with E-state index < -0.39 is 0 Å². The molecule has 62 valence electrons. The van der Waals surface area contributed by atoms with Crippen molar-refractivity contribution in [2.45, 2.75) is 13.3 Å². The van der Waals surface area contributed by atoms with Crippen LogP contribution in [0.1, 0.15) is 18.9 Å². The van der Waals surface area contributed by atoms with Crippen molar-refractivity contribution in [3.05, 3.63) is 11.8 Å². The minimum atomic E-state index is 0.176. The fourth-order valence-corrected chi connectivity index (χ4v) is 0.689. The summed E-state index contributed by atoms with van der Waals surface area (Å²) in [6.45, 7) is 1.96. The quantitative estimate of drug-likeness (QED) is 0.541. The second-order valence-corrected chi connectivity index (χ2v) is 2.18. The Balaban J connectivity index is 3.01. The molecule has 4 heteroatoms. The normalized spacial score (nSPS) is 8.75. The third-order valence-electron chi connectivity index (χ3n) is 1.24. The molecule has 0 aliphatic rings. The number of hydrogen-bond acceptors (Lipinski definition) is 4. The molecular weight excluding hydrogens is 152 g/mol. The van der Waals surface area contributed by atoms with Crippen LogP contribution in [0.2, 0.25) is 0 Å². The molecular formula is C8H10N4. The Kier molecular flexibility index (Phi) is 2.49. The molecule has 1 aromatic rings. The first-order valence-corrected chi connectivity index (χ1v) is 3.61. The van der Waals surface area contributed by atoms with E-state index in [0.29, 0.717) is 11.4 Å². The van der Waals surface area contributed by atoms with Crippen molar-refractivity contribution in [1.82, 2.24) is 9.97 Å². The van der Waals surface area contributed by atoms with Gasteiger partial charge in [-0.25, -0.2) is 4.98 Å². The van der Waals surface area contributed by atoms with E-state index in [0.717, 1.165) is 6.42 Å². The average molecular weight is 162 g/mol. The molecule has 0 unspecified atom stereocenters. The van der Waals surface area contributed by atoms with Crippen LogP contribution in [0.3, 0.4) is 0 Å². The summed E-state index contributed by atoms with van der Waals surface area (Å²) >= 11 is 0. The molecule has 4 nitrogen and oxygen atoms in total. The van der Waals surface area contributed by atoms with Crippen LogP contribution in [0.5, 0.6) is 0 Å². The second-order valence-electron chi connectivity index (χ2n) is 2.18. The molecule has 0 saturated heterocycles. The van der Waals surface area contributed by atoms with Gasteiger partial charge in [0.1, 0.15) is 5.82 Å². The van der Waals surface area contributed by atoms with E-state index in [1.165, 1.54) is 6.20 Å². The molecule has 4 N–H and O–H groups in total. The van der Waals surface area contributed by atoms with E-state index in [9.17, 15) is 0 Å². The van der Waals surface area contributed by atoms with E-state index >= 15 is 0 Å². The van der Waals surface area contributed by atoms with Gasteiger partial charge in [0.05, 0.1) is 11.8 Å². The summed E-state index contributed by atoms with van der Waals surface area (Å²) in [6, 6.07) is 0.